The first-order chi connectivity index (χ1) is 17.2. The average molecular weight is 544 g/mol. The molecule has 0 bridgehead atoms. The van der Waals surface area contributed by atoms with Gasteiger partial charge in [-0.15, -0.1) is 5.10 Å². The first-order valence-electron chi connectivity index (χ1n) is 10.8. The van der Waals surface area contributed by atoms with Gasteiger partial charge in [0, 0.05) is 38.2 Å². The predicted molar refractivity (Wildman–Crippen MR) is 126 cm³/mol. The summed E-state index contributed by atoms with van der Waals surface area (Å²) in [4.78, 5) is 19.3. The lowest BCUT2D eigenvalue weighted by atomic mass is 10.0. The molecule has 0 aliphatic rings. The maximum absolute atomic E-state index is 13.9. The number of hydrogen-bond acceptors (Lipinski definition) is 8. The molecule has 1 atom stereocenters. The van der Waals surface area contributed by atoms with Gasteiger partial charge >= 0.3 is 11.6 Å². The van der Waals surface area contributed by atoms with E-state index in [2.05, 4.69) is 25.3 Å². The molecule has 4 aromatic heterocycles. The smallest absolute Gasteiger partial charge is 0.354 e. The topological polar surface area (TPSA) is 132 Å². The van der Waals surface area contributed by atoms with Gasteiger partial charge in [0.1, 0.15) is 5.69 Å². The normalized spacial score (nSPS) is 12.4. The number of halogens is 4. The first-order valence-corrected chi connectivity index (χ1v) is 11.6. The Morgan fingerprint density at radius 1 is 1.25 bits per heavy atom. The minimum Gasteiger partial charge on any atom is -0.472 e. The van der Waals surface area contributed by atoms with Gasteiger partial charge in [-0.2, -0.15) is 15.2 Å². The number of ether oxygens (including phenoxy) is 1. The van der Waals surface area contributed by atoms with Gasteiger partial charge in [-0.3, -0.25) is 23.6 Å². The van der Waals surface area contributed by atoms with Crippen molar-refractivity contribution >= 4 is 39.9 Å². The van der Waals surface area contributed by atoms with Crippen molar-refractivity contribution in [3.63, 3.8) is 0 Å². The van der Waals surface area contributed by atoms with Crippen molar-refractivity contribution in [3.8, 4) is 11.7 Å². The Hall–Kier alpha value is -3.39. The van der Waals surface area contributed by atoms with Crippen LogP contribution in [0.25, 0.3) is 16.9 Å². The van der Waals surface area contributed by atoms with Crippen molar-refractivity contribution in [1.82, 2.24) is 39.3 Å². The van der Waals surface area contributed by atoms with Crippen molar-refractivity contribution in [1.29, 1.82) is 0 Å². The minimum absolute atomic E-state index is 0.00288. The molecule has 1 unspecified atom stereocenters. The number of nitrogens with zero attached hydrogens (tertiary/aromatic N) is 9. The number of aryl methyl sites for hydroxylation is 3. The fourth-order valence-electron chi connectivity index (χ4n) is 3.87. The number of alkyl halides is 2. The molecule has 0 fully saturated rings. The van der Waals surface area contributed by atoms with Crippen LogP contribution in [0.1, 0.15) is 30.1 Å². The summed E-state index contributed by atoms with van der Waals surface area (Å²) in [6, 6.07) is 1.63. The zero-order chi connectivity index (χ0) is 26.0. The number of hydrogen-bond donors (Lipinski definition) is 0. The molecule has 0 saturated carbocycles. The Morgan fingerprint density at radius 3 is 2.67 bits per heavy atom. The highest BCUT2D eigenvalue weighted by atomic mass is 35.5. The average Bonchev–Trinajstić information content (AvgIpc) is 3.47. The lowest BCUT2D eigenvalue weighted by Crippen LogP contribution is -2.14. The van der Waals surface area contributed by atoms with Crippen LogP contribution in [-0.2, 0) is 13.6 Å². The fraction of sp³-hybridized carbons (Fsp3) is 0.450. The number of rotatable bonds is 11. The van der Waals surface area contributed by atoms with Crippen LogP contribution in [0.5, 0.6) is 5.88 Å². The van der Waals surface area contributed by atoms with Crippen molar-refractivity contribution in [2.24, 2.45) is 7.05 Å². The molecule has 0 amide bonds. The van der Waals surface area contributed by atoms with Gasteiger partial charge < -0.3 is 4.74 Å². The molecular weight excluding hydrogens is 523 g/mol. The van der Waals surface area contributed by atoms with Gasteiger partial charge in [-0.05, 0) is 24.9 Å². The van der Waals surface area contributed by atoms with Gasteiger partial charge in [-0.25, -0.2) is 14.3 Å². The Labute approximate surface area is 212 Å². The van der Waals surface area contributed by atoms with Crippen LogP contribution >= 0.6 is 23.2 Å². The molecule has 16 heteroatoms. The number of fused-ring (bicyclic) bond motifs is 1. The minimum atomic E-state index is -1.10. The summed E-state index contributed by atoms with van der Waals surface area (Å²) in [6.07, 6.45) is 1.55. The molecule has 4 heterocycles. The van der Waals surface area contributed by atoms with Crippen LogP contribution in [0.4, 0.5) is 14.5 Å². The van der Waals surface area contributed by atoms with Crippen molar-refractivity contribution in [2.45, 2.75) is 32.2 Å². The summed E-state index contributed by atoms with van der Waals surface area (Å²) < 4.78 is 36.9. The molecule has 0 aliphatic carbocycles. The summed E-state index contributed by atoms with van der Waals surface area (Å²) >= 11 is 12.0. The summed E-state index contributed by atoms with van der Waals surface area (Å²) in [6.45, 7) is 0.169. The van der Waals surface area contributed by atoms with E-state index in [1.807, 2.05) is 0 Å². The van der Waals surface area contributed by atoms with Gasteiger partial charge in [0.25, 0.3) is 0 Å². The fourth-order valence-corrected chi connectivity index (χ4v) is 4.22. The molecule has 12 nitrogen and oxygen atoms in total. The maximum atomic E-state index is 13.9. The van der Waals surface area contributed by atoms with Gasteiger partial charge in [0.15, 0.2) is 16.6 Å². The van der Waals surface area contributed by atoms with E-state index in [9.17, 15) is 18.9 Å². The summed E-state index contributed by atoms with van der Waals surface area (Å²) in [5, 5.41) is 25.5. The number of nitro groups is 1. The second-order valence-corrected chi connectivity index (χ2v) is 8.59. The van der Waals surface area contributed by atoms with Crippen LogP contribution in [0.3, 0.4) is 0 Å². The third kappa shape index (κ3) is 4.95. The third-order valence-electron chi connectivity index (χ3n) is 5.44. The van der Waals surface area contributed by atoms with Crippen LogP contribution in [0.15, 0.2) is 12.3 Å². The van der Waals surface area contributed by atoms with Gasteiger partial charge in [0.05, 0.1) is 36.0 Å². The maximum Gasteiger partial charge on any atom is 0.354 e. The third-order valence-corrected chi connectivity index (χ3v) is 5.90. The van der Waals surface area contributed by atoms with Crippen LogP contribution < -0.4 is 4.74 Å². The molecule has 0 saturated heterocycles. The Balaban J connectivity index is 1.62. The molecule has 192 valence electrons. The first kappa shape index (κ1) is 25.7. The quantitative estimate of drug-likeness (QED) is 0.119. The number of aromatic nitrogens is 8. The van der Waals surface area contributed by atoms with Crippen LogP contribution in [0, 0.1) is 17.0 Å². The molecule has 4 rings (SSSR count). The Kier molecular flexibility index (Phi) is 7.64. The van der Waals surface area contributed by atoms with Crippen molar-refractivity contribution in [2.75, 3.05) is 20.0 Å². The second-order valence-electron chi connectivity index (χ2n) is 7.90. The zero-order valence-electron chi connectivity index (χ0n) is 19.2. The Morgan fingerprint density at radius 2 is 2.03 bits per heavy atom. The van der Waals surface area contributed by atoms with E-state index >= 15 is 0 Å². The van der Waals surface area contributed by atoms with E-state index in [4.69, 9.17) is 27.9 Å². The predicted octanol–water partition coefficient (Wildman–Crippen LogP) is 4.15. The van der Waals surface area contributed by atoms with E-state index in [1.54, 1.807) is 20.0 Å². The van der Waals surface area contributed by atoms with Crippen LogP contribution in [-0.4, -0.2) is 64.2 Å². The van der Waals surface area contributed by atoms with Crippen LogP contribution in [0.2, 0.25) is 10.4 Å². The molecule has 0 radical (unpaired) electrons. The van der Waals surface area contributed by atoms with Gasteiger partial charge in [-0.1, -0.05) is 11.6 Å². The largest absolute Gasteiger partial charge is 0.472 e. The highest BCUT2D eigenvalue weighted by Crippen LogP contribution is 2.38. The molecule has 0 aromatic carbocycles. The lowest BCUT2D eigenvalue weighted by molar-refractivity contribution is -0.386. The Bertz CT molecular complexity index is 1400. The molecule has 36 heavy (non-hydrogen) atoms. The monoisotopic (exact) mass is 543 g/mol. The standard InChI is InChI=1S/C20H21Cl2F2N9O3/c1-11-8-14(30(2)27-11)32-15(12(9-24)4-5-23)16(33(34)35)19(29-32)36-7-3-6-31-18-13(17(21)28-31)10-25-20(22)26-18/h8,10,12H,3-7,9H2,1-2H3. The van der Waals surface area contributed by atoms with Crippen molar-refractivity contribution in [3.05, 3.63) is 44.2 Å². The molecule has 4 aromatic rings. The van der Waals surface area contributed by atoms with E-state index in [-0.39, 0.29) is 35.0 Å². The van der Waals surface area contributed by atoms with E-state index < -0.39 is 29.9 Å². The molecule has 0 spiro atoms. The molecule has 0 aliphatic heterocycles. The van der Waals surface area contributed by atoms with E-state index in [0.717, 1.165) is 0 Å². The second kappa shape index (κ2) is 10.7. The summed E-state index contributed by atoms with van der Waals surface area (Å²) in [5.74, 6) is -1.05. The SMILES string of the molecule is Cc1cc(-n2nc(OCCCn3nc(Cl)c4cnc(Cl)nc43)c([N+](=O)[O-])c2C(CF)CCF)n(C)n1. The zero-order valence-corrected chi connectivity index (χ0v) is 20.7. The highest BCUT2D eigenvalue weighted by molar-refractivity contribution is 6.34. The summed E-state index contributed by atoms with van der Waals surface area (Å²) in [5.41, 5.74) is 0.447. The molecule has 0 N–H and O–H groups in total. The van der Waals surface area contributed by atoms with E-state index in [1.165, 1.54) is 20.2 Å². The van der Waals surface area contributed by atoms with Gasteiger partial charge in [0.2, 0.25) is 5.28 Å². The molecular formula is C20H21Cl2F2N9O3. The van der Waals surface area contributed by atoms with Crippen molar-refractivity contribution < 1.29 is 18.4 Å². The van der Waals surface area contributed by atoms with E-state index in [0.29, 0.717) is 35.5 Å². The highest BCUT2D eigenvalue weighted by Gasteiger charge is 2.36. The summed E-state index contributed by atoms with van der Waals surface area (Å²) in [7, 11) is 1.62. The lowest BCUT2D eigenvalue weighted by Gasteiger charge is -2.13.